The topological polar surface area (TPSA) is 116 Å². The molecule has 0 fully saturated rings. The smallest absolute Gasteiger partial charge is 0.410 e. The standard InChI is InChI=1S/C18H26N2O6/c1-11(20(5)17(25)26-18(2,3)4)15(22)19-14(16(23)24)10-12-6-8-13(21)9-7-12/h6-9,11,14,21H,10H2,1-5H3,(H,19,22)(H,23,24)/t11-,14?/m0/s1. The lowest BCUT2D eigenvalue weighted by molar-refractivity contribution is -0.142. The number of benzene rings is 1. The molecule has 0 aliphatic heterocycles. The Kier molecular flexibility index (Phi) is 7.00. The molecule has 1 aromatic rings. The molecule has 1 unspecified atom stereocenters. The molecule has 0 saturated heterocycles. The molecule has 0 spiro atoms. The van der Waals surface area contributed by atoms with Gasteiger partial charge < -0.3 is 20.3 Å². The normalized spacial score (nSPS) is 13.4. The number of aromatic hydroxyl groups is 1. The number of aliphatic carboxylic acids is 1. The second-order valence-corrected chi connectivity index (χ2v) is 7.04. The lowest BCUT2D eigenvalue weighted by Crippen LogP contribution is -2.52. The van der Waals surface area contributed by atoms with E-state index in [1.807, 2.05) is 0 Å². The van der Waals surface area contributed by atoms with Gasteiger partial charge in [0, 0.05) is 13.5 Å². The summed E-state index contributed by atoms with van der Waals surface area (Å²) < 4.78 is 5.20. The number of carbonyl (C=O) groups excluding carboxylic acids is 2. The zero-order valence-corrected chi connectivity index (χ0v) is 15.6. The molecular weight excluding hydrogens is 340 g/mol. The number of carbonyl (C=O) groups is 3. The molecule has 8 heteroatoms. The molecule has 0 radical (unpaired) electrons. The van der Waals surface area contributed by atoms with Gasteiger partial charge in [-0.25, -0.2) is 9.59 Å². The predicted octanol–water partition coefficient (Wildman–Crippen LogP) is 1.76. The summed E-state index contributed by atoms with van der Waals surface area (Å²) in [5.74, 6) is -1.74. The fourth-order valence-electron chi connectivity index (χ4n) is 2.03. The Hall–Kier alpha value is -2.77. The van der Waals surface area contributed by atoms with Gasteiger partial charge in [0.05, 0.1) is 0 Å². The van der Waals surface area contributed by atoms with E-state index in [4.69, 9.17) is 4.74 Å². The minimum absolute atomic E-state index is 0.0459. The summed E-state index contributed by atoms with van der Waals surface area (Å²) in [5, 5.41) is 21.1. The van der Waals surface area contributed by atoms with Crippen molar-refractivity contribution < 1.29 is 29.3 Å². The number of nitrogens with zero attached hydrogens (tertiary/aromatic N) is 1. The second kappa shape index (κ2) is 8.55. The summed E-state index contributed by atoms with van der Waals surface area (Å²) in [6.07, 6.45) is -0.630. The zero-order valence-electron chi connectivity index (χ0n) is 15.6. The van der Waals surface area contributed by atoms with Gasteiger partial charge in [-0.05, 0) is 45.4 Å². The summed E-state index contributed by atoms with van der Waals surface area (Å²) in [6.45, 7) is 6.61. The zero-order chi connectivity index (χ0) is 20.1. The van der Waals surface area contributed by atoms with Gasteiger partial charge in [-0.3, -0.25) is 9.69 Å². The molecule has 0 aliphatic rings. The Balaban J connectivity index is 2.75. The maximum Gasteiger partial charge on any atom is 0.410 e. The van der Waals surface area contributed by atoms with Crippen LogP contribution in [0.5, 0.6) is 5.75 Å². The molecule has 0 heterocycles. The van der Waals surface area contributed by atoms with Crippen molar-refractivity contribution in [2.45, 2.75) is 51.8 Å². The number of phenolic OH excluding ortho intramolecular Hbond substituents is 1. The molecular formula is C18H26N2O6. The number of hydrogen-bond donors (Lipinski definition) is 3. The Morgan fingerprint density at radius 1 is 1.19 bits per heavy atom. The minimum atomic E-state index is -1.20. The second-order valence-electron chi connectivity index (χ2n) is 7.04. The number of carboxylic acids is 1. The van der Waals surface area contributed by atoms with Crippen LogP contribution in [-0.4, -0.2) is 57.8 Å². The van der Waals surface area contributed by atoms with Crippen molar-refractivity contribution in [3.05, 3.63) is 29.8 Å². The third-order valence-electron chi connectivity index (χ3n) is 3.63. The summed E-state index contributed by atoms with van der Waals surface area (Å²) in [7, 11) is 1.41. The largest absolute Gasteiger partial charge is 0.508 e. The predicted molar refractivity (Wildman–Crippen MR) is 94.8 cm³/mol. The molecule has 26 heavy (non-hydrogen) atoms. The SMILES string of the molecule is C[C@@H](C(=O)NC(Cc1ccc(O)cc1)C(=O)O)N(C)C(=O)OC(C)(C)C. The first kappa shape index (κ1) is 21.3. The number of carboxylic acid groups (broad SMARTS) is 1. The number of phenols is 1. The highest BCUT2D eigenvalue weighted by Gasteiger charge is 2.29. The van der Waals surface area contributed by atoms with Gasteiger partial charge >= 0.3 is 12.1 Å². The molecule has 8 nitrogen and oxygen atoms in total. The van der Waals surface area contributed by atoms with Crippen molar-refractivity contribution in [2.75, 3.05) is 7.05 Å². The fraction of sp³-hybridized carbons (Fsp3) is 0.500. The Morgan fingerprint density at radius 3 is 2.19 bits per heavy atom. The van der Waals surface area contributed by atoms with Crippen LogP contribution in [0.3, 0.4) is 0 Å². The van der Waals surface area contributed by atoms with E-state index in [0.29, 0.717) is 5.56 Å². The van der Waals surface area contributed by atoms with Gasteiger partial charge in [-0.1, -0.05) is 12.1 Å². The van der Waals surface area contributed by atoms with E-state index in [1.54, 1.807) is 32.9 Å². The first-order chi connectivity index (χ1) is 11.9. The summed E-state index contributed by atoms with van der Waals surface area (Å²) in [6, 6.07) is 3.96. The van der Waals surface area contributed by atoms with Crippen molar-refractivity contribution in [2.24, 2.45) is 0 Å². The lowest BCUT2D eigenvalue weighted by atomic mass is 10.1. The quantitative estimate of drug-likeness (QED) is 0.706. The van der Waals surface area contributed by atoms with Gasteiger partial charge in [0.1, 0.15) is 23.4 Å². The average Bonchev–Trinajstić information content (AvgIpc) is 2.52. The number of nitrogens with one attached hydrogen (secondary N) is 1. The average molecular weight is 366 g/mol. The van der Waals surface area contributed by atoms with Crippen LogP contribution in [0, 0.1) is 0 Å². The van der Waals surface area contributed by atoms with E-state index in [-0.39, 0.29) is 12.2 Å². The van der Waals surface area contributed by atoms with Crippen LogP contribution in [0.15, 0.2) is 24.3 Å². The van der Waals surface area contributed by atoms with Crippen LogP contribution >= 0.6 is 0 Å². The van der Waals surface area contributed by atoms with Gasteiger partial charge in [0.25, 0.3) is 0 Å². The molecule has 0 bridgehead atoms. The van der Waals surface area contributed by atoms with Gasteiger partial charge in [0.2, 0.25) is 5.91 Å². The van der Waals surface area contributed by atoms with Crippen molar-refractivity contribution in [3.63, 3.8) is 0 Å². The molecule has 0 saturated carbocycles. The molecule has 2 amide bonds. The number of ether oxygens (including phenoxy) is 1. The van der Waals surface area contributed by atoms with Crippen molar-refractivity contribution in [1.82, 2.24) is 10.2 Å². The first-order valence-electron chi connectivity index (χ1n) is 8.17. The first-order valence-corrected chi connectivity index (χ1v) is 8.17. The van der Waals surface area contributed by atoms with E-state index in [0.717, 1.165) is 4.90 Å². The maximum absolute atomic E-state index is 12.3. The van der Waals surface area contributed by atoms with Gasteiger partial charge in [-0.2, -0.15) is 0 Å². The summed E-state index contributed by atoms with van der Waals surface area (Å²) >= 11 is 0. The van der Waals surface area contributed by atoms with Crippen molar-refractivity contribution >= 4 is 18.0 Å². The van der Waals surface area contributed by atoms with Crippen molar-refractivity contribution in [3.8, 4) is 5.75 Å². The highest BCUT2D eigenvalue weighted by atomic mass is 16.6. The Morgan fingerprint density at radius 2 is 1.73 bits per heavy atom. The molecule has 144 valence electrons. The molecule has 1 aromatic carbocycles. The fourth-order valence-corrected chi connectivity index (χ4v) is 2.03. The monoisotopic (exact) mass is 366 g/mol. The third kappa shape index (κ3) is 6.62. The summed E-state index contributed by atoms with van der Waals surface area (Å²) in [5.41, 5.74) is -0.0621. The maximum atomic E-state index is 12.3. The molecule has 0 aromatic heterocycles. The molecule has 2 atom stereocenters. The van der Waals surface area contributed by atoms with E-state index >= 15 is 0 Å². The lowest BCUT2D eigenvalue weighted by Gasteiger charge is -2.28. The molecule has 0 aliphatic carbocycles. The van der Waals surface area contributed by atoms with Crippen LogP contribution in [0.1, 0.15) is 33.3 Å². The van der Waals surface area contributed by atoms with E-state index in [1.165, 1.54) is 26.1 Å². The number of likely N-dealkylation sites (N-methyl/N-ethyl adjacent to an activating group) is 1. The minimum Gasteiger partial charge on any atom is -0.508 e. The van der Waals surface area contributed by atoms with Crippen LogP contribution in [0.25, 0.3) is 0 Å². The van der Waals surface area contributed by atoms with Crippen LogP contribution in [0.4, 0.5) is 4.79 Å². The number of amides is 2. The Labute approximate surface area is 152 Å². The molecule has 1 rings (SSSR count). The van der Waals surface area contributed by atoms with E-state index < -0.39 is 35.7 Å². The highest BCUT2D eigenvalue weighted by Crippen LogP contribution is 2.13. The van der Waals surface area contributed by atoms with Crippen LogP contribution in [0.2, 0.25) is 0 Å². The van der Waals surface area contributed by atoms with Gasteiger partial charge in [0.15, 0.2) is 0 Å². The van der Waals surface area contributed by atoms with E-state index in [2.05, 4.69) is 5.32 Å². The Bertz CT molecular complexity index is 651. The molecule has 3 N–H and O–H groups in total. The van der Waals surface area contributed by atoms with Crippen molar-refractivity contribution in [1.29, 1.82) is 0 Å². The van der Waals surface area contributed by atoms with E-state index in [9.17, 15) is 24.6 Å². The summed E-state index contributed by atoms with van der Waals surface area (Å²) in [4.78, 5) is 36.9. The number of rotatable bonds is 6. The highest BCUT2D eigenvalue weighted by molar-refractivity contribution is 5.89. The van der Waals surface area contributed by atoms with Gasteiger partial charge in [-0.15, -0.1) is 0 Å². The van der Waals surface area contributed by atoms with Crippen LogP contribution < -0.4 is 5.32 Å². The third-order valence-corrected chi connectivity index (χ3v) is 3.63. The van der Waals surface area contributed by atoms with Crippen LogP contribution in [-0.2, 0) is 20.7 Å². The number of hydrogen-bond acceptors (Lipinski definition) is 5.